The standard InChI is InChI=1S/C21H17F3N2O/c1-3-15-5-4-12-25-19(15)20(26-13-14(2)6-11-18(26)27)16-7-9-17(10-8-16)21(22,23)24/h3-13,20H,1H2,2H3/t20-/m0/s1. The highest BCUT2D eigenvalue weighted by Crippen LogP contribution is 2.32. The zero-order valence-corrected chi connectivity index (χ0v) is 14.6. The highest BCUT2D eigenvalue weighted by Gasteiger charge is 2.31. The Morgan fingerprint density at radius 1 is 1.11 bits per heavy atom. The molecule has 0 saturated carbocycles. The monoisotopic (exact) mass is 370 g/mol. The fraction of sp³-hybridized carbons (Fsp3) is 0.143. The Balaban J connectivity index is 2.23. The van der Waals surface area contributed by atoms with E-state index in [1.807, 2.05) is 6.92 Å². The summed E-state index contributed by atoms with van der Waals surface area (Å²) in [7, 11) is 0. The minimum Gasteiger partial charge on any atom is -0.302 e. The number of rotatable bonds is 4. The molecule has 0 aliphatic heterocycles. The van der Waals surface area contributed by atoms with Crippen LogP contribution in [-0.2, 0) is 6.18 Å². The molecule has 0 N–H and O–H groups in total. The molecule has 3 aromatic rings. The van der Waals surface area contributed by atoms with Crippen LogP contribution < -0.4 is 5.56 Å². The number of benzene rings is 1. The average Bonchev–Trinajstić information content (AvgIpc) is 2.65. The Morgan fingerprint density at radius 2 is 1.81 bits per heavy atom. The van der Waals surface area contributed by atoms with Gasteiger partial charge >= 0.3 is 6.18 Å². The lowest BCUT2D eigenvalue weighted by Crippen LogP contribution is -2.26. The van der Waals surface area contributed by atoms with Crippen LogP contribution in [0, 0.1) is 6.92 Å². The number of hydrogen-bond donors (Lipinski definition) is 0. The van der Waals surface area contributed by atoms with Crippen LogP contribution in [0.15, 0.2) is 72.3 Å². The van der Waals surface area contributed by atoms with Gasteiger partial charge in [-0.25, -0.2) is 0 Å². The smallest absolute Gasteiger partial charge is 0.302 e. The summed E-state index contributed by atoms with van der Waals surface area (Å²) in [6, 6.07) is 10.8. The predicted molar refractivity (Wildman–Crippen MR) is 98.5 cm³/mol. The van der Waals surface area contributed by atoms with E-state index in [4.69, 9.17) is 0 Å². The molecule has 3 nitrogen and oxygen atoms in total. The van der Waals surface area contributed by atoms with E-state index in [0.29, 0.717) is 16.8 Å². The van der Waals surface area contributed by atoms with Gasteiger partial charge in [0, 0.05) is 18.5 Å². The second-order valence-electron chi connectivity index (χ2n) is 6.16. The highest BCUT2D eigenvalue weighted by atomic mass is 19.4. The van der Waals surface area contributed by atoms with Gasteiger partial charge in [-0.3, -0.25) is 9.78 Å². The summed E-state index contributed by atoms with van der Waals surface area (Å²) in [6.45, 7) is 5.61. The number of nitrogens with zero attached hydrogens (tertiary/aromatic N) is 2. The maximum atomic E-state index is 12.9. The van der Waals surface area contributed by atoms with E-state index in [0.717, 1.165) is 17.7 Å². The minimum atomic E-state index is -4.43. The van der Waals surface area contributed by atoms with Gasteiger partial charge in [0.05, 0.1) is 11.3 Å². The van der Waals surface area contributed by atoms with Crippen molar-refractivity contribution >= 4 is 6.08 Å². The van der Waals surface area contributed by atoms with Gasteiger partial charge in [-0.15, -0.1) is 0 Å². The molecule has 6 heteroatoms. The maximum absolute atomic E-state index is 12.9. The van der Waals surface area contributed by atoms with E-state index in [1.54, 1.807) is 36.7 Å². The van der Waals surface area contributed by atoms with Crippen molar-refractivity contribution in [3.8, 4) is 0 Å². The number of aryl methyl sites for hydroxylation is 1. The Kier molecular flexibility index (Phi) is 4.99. The normalized spacial score (nSPS) is 12.6. The molecule has 0 radical (unpaired) electrons. The molecule has 138 valence electrons. The van der Waals surface area contributed by atoms with E-state index < -0.39 is 17.8 Å². The molecular formula is C21H17F3N2O. The number of hydrogen-bond acceptors (Lipinski definition) is 2. The van der Waals surface area contributed by atoms with Crippen molar-refractivity contribution in [2.75, 3.05) is 0 Å². The first kappa shape index (κ1) is 18.6. The van der Waals surface area contributed by atoms with Crippen LogP contribution in [0.5, 0.6) is 0 Å². The zero-order valence-electron chi connectivity index (χ0n) is 14.6. The van der Waals surface area contributed by atoms with Gasteiger partial charge in [-0.05, 0) is 41.8 Å². The van der Waals surface area contributed by atoms with Crippen molar-refractivity contribution in [1.29, 1.82) is 0 Å². The summed E-state index contributed by atoms with van der Waals surface area (Å²) in [5.74, 6) is 0. The largest absolute Gasteiger partial charge is 0.416 e. The molecule has 3 rings (SSSR count). The molecular weight excluding hydrogens is 353 g/mol. The first-order valence-corrected chi connectivity index (χ1v) is 8.24. The topological polar surface area (TPSA) is 34.9 Å². The van der Waals surface area contributed by atoms with Crippen molar-refractivity contribution < 1.29 is 13.2 Å². The van der Waals surface area contributed by atoms with Gasteiger partial charge in [-0.2, -0.15) is 13.2 Å². The summed E-state index contributed by atoms with van der Waals surface area (Å²) in [5.41, 5.74) is 1.61. The zero-order chi connectivity index (χ0) is 19.6. The first-order valence-electron chi connectivity index (χ1n) is 8.24. The molecule has 0 fully saturated rings. The van der Waals surface area contributed by atoms with Crippen molar-refractivity contribution in [3.05, 3.63) is 106 Å². The molecule has 0 saturated heterocycles. The van der Waals surface area contributed by atoms with Crippen LogP contribution in [0.1, 0.15) is 34.0 Å². The van der Waals surface area contributed by atoms with Crippen LogP contribution in [0.2, 0.25) is 0 Å². The molecule has 27 heavy (non-hydrogen) atoms. The van der Waals surface area contributed by atoms with Crippen molar-refractivity contribution in [1.82, 2.24) is 9.55 Å². The Morgan fingerprint density at radius 3 is 2.44 bits per heavy atom. The van der Waals surface area contributed by atoms with E-state index in [2.05, 4.69) is 11.6 Å². The third-order valence-electron chi connectivity index (χ3n) is 4.27. The van der Waals surface area contributed by atoms with Gasteiger partial charge in [-0.1, -0.05) is 36.9 Å². The number of halogens is 3. The molecule has 0 aliphatic rings. The number of pyridine rings is 2. The lowest BCUT2D eigenvalue weighted by atomic mass is 9.97. The van der Waals surface area contributed by atoms with E-state index >= 15 is 0 Å². The molecule has 2 aromatic heterocycles. The molecule has 0 amide bonds. The summed E-state index contributed by atoms with van der Waals surface area (Å²) in [4.78, 5) is 16.9. The lowest BCUT2D eigenvalue weighted by Gasteiger charge is -2.22. The van der Waals surface area contributed by atoms with Crippen LogP contribution in [0.25, 0.3) is 6.08 Å². The SMILES string of the molecule is C=Cc1cccnc1[C@H](c1ccc(C(F)(F)F)cc1)n1cc(C)ccc1=O. The van der Waals surface area contributed by atoms with Crippen molar-refractivity contribution in [2.24, 2.45) is 0 Å². The van der Waals surface area contributed by atoms with Gasteiger partial charge in [0.2, 0.25) is 0 Å². The lowest BCUT2D eigenvalue weighted by molar-refractivity contribution is -0.137. The van der Waals surface area contributed by atoms with E-state index in [1.165, 1.54) is 22.8 Å². The fourth-order valence-electron chi connectivity index (χ4n) is 2.95. The summed E-state index contributed by atoms with van der Waals surface area (Å²) in [5, 5.41) is 0. The van der Waals surface area contributed by atoms with E-state index in [-0.39, 0.29) is 5.56 Å². The van der Waals surface area contributed by atoms with Gasteiger partial charge in [0.1, 0.15) is 6.04 Å². The van der Waals surface area contributed by atoms with Gasteiger partial charge in [0.25, 0.3) is 5.56 Å². The van der Waals surface area contributed by atoms with Crippen LogP contribution in [0.3, 0.4) is 0 Å². The van der Waals surface area contributed by atoms with Gasteiger partial charge < -0.3 is 4.57 Å². The number of alkyl halides is 3. The van der Waals surface area contributed by atoms with Crippen molar-refractivity contribution in [3.63, 3.8) is 0 Å². The molecule has 1 aromatic carbocycles. The first-order chi connectivity index (χ1) is 12.8. The molecule has 0 bridgehead atoms. The second kappa shape index (κ2) is 7.23. The molecule has 0 spiro atoms. The number of aromatic nitrogens is 2. The van der Waals surface area contributed by atoms with Crippen LogP contribution in [-0.4, -0.2) is 9.55 Å². The van der Waals surface area contributed by atoms with Crippen LogP contribution >= 0.6 is 0 Å². The fourth-order valence-corrected chi connectivity index (χ4v) is 2.95. The van der Waals surface area contributed by atoms with Crippen LogP contribution in [0.4, 0.5) is 13.2 Å². The third kappa shape index (κ3) is 3.84. The average molecular weight is 370 g/mol. The van der Waals surface area contributed by atoms with Gasteiger partial charge in [0.15, 0.2) is 0 Å². The highest BCUT2D eigenvalue weighted by molar-refractivity contribution is 5.52. The summed E-state index contributed by atoms with van der Waals surface area (Å²) < 4.78 is 40.2. The summed E-state index contributed by atoms with van der Waals surface area (Å²) in [6.07, 6.45) is 0.443. The molecule has 0 unspecified atom stereocenters. The molecule has 0 aliphatic carbocycles. The predicted octanol–water partition coefficient (Wildman–Crippen LogP) is 4.85. The third-order valence-corrected chi connectivity index (χ3v) is 4.27. The Bertz CT molecular complexity index is 1020. The second-order valence-corrected chi connectivity index (χ2v) is 6.16. The molecule has 1 atom stereocenters. The minimum absolute atomic E-state index is 0.272. The maximum Gasteiger partial charge on any atom is 0.416 e. The van der Waals surface area contributed by atoms with E-state index in [9.17, 15) is 18.0 Å². The molecule has 2 heterocycles. The quantitative estimate of drug-likeness (QED) is 0.658. The Hall–Kier alpha value is -3.15. The van der Waals surface area contributed by atoms with Crippen molar-refractivity contribution in [2.45, 2.75) is 19.1 Å². The summed E-state index contributed by atoms with van der Waals surface area (Å²) >= 11 is 0. The Labute approximate surface area is 154 Å².